The first-order chi connectivity index (χ1) is 6.22. The van der Waals surface area contributed by atoms with Crippen LogP contribution in [-0.4, -0.2) is 6.26 Å². The molecular formula is C9H8ClNS2. The molecule has 0 radical (unpaired) electrons. The molecule has 1 nitrogen and oxygen atoms in total. The molecule has 0 spiro atoms. The summed E-state index contributed by atoms with van der Waals surface area (Å²) in [6.07, 6.45) is 2.04. The van der Waals surface area contributed by atoms with Crippen molar-refractivity contribution in [3.8, 4) is 0 Å². The van der Waals surface area contributed by atoms with E-state index in [2.05, 4.69) is 6.07 Å². The Labute approximate surface area is 89.9 Å². The van der Waals surface area contributed by atoms with Gasteiger partial charge in [0.2, 0.25) is 0 Å². The Hall–Kier alpha value is -0.380. The number of nitrogens with two attached hydrogens (primary N) is 1. The van der Waals surface area contributed by atoms with Gasteiger partial charge in [0.1, 0.15) is 0 Å². The molecule has 2 aromatic rings. The monoisotopic (exact) mass is 229 g/mol. The Kier molecular flexibility index (Phi) is 2.41. The summed E-state index contributed by atoms with van der Waals surface area (Å²) in [6.45, 7) is 0. The molecule has 0 atom stereocenters. The molecule has 68 valence electrons. The summed E-state index contributed by atoms with van der Waals surface area (Å²) in [6, 6.07) is 4.07. The van der Waals surface area contributed by atoms with E-state index in [4.69, 9.17) is 17.3 Å². The lowest BCUT2D eigenvalue weighted by Gasteiger charge is -1.99. The van der Waals surface area contributed by atoms with Crippen LogP contribution < -0.4 is 5.73 Å². The van der Waals surface area contributed by atoms with E-state index in [0.29, 0.717) is 0 Å². The van der Waals surface area contributed by atoms with Crippen molar-refractivity contribution in [3.05, 3.63) is 22.5 Å². The van der Waals surface area contributed by atoms with Crippen LogP contribution in [-0.2, 0) is 0 Å². The van der Waals surface area contributed by atoms with Gasteiger partial charge in [-0.3, -0.25) is 0 Å². The zero-order valence-corrected chi connectivity index (χ0v) is 9.39. The minimum absolute atomic E-state index is 0.751. The van der Waals surface area contributed by atoms with Gasteiger partial charge < -0.3 is 5.73 Å². The third kappa shape index (κ3) is 1.52. The van der Waals surface area contributed by atoms with Crippen molar-refractivity contribution < 1.29 is 0 Å². The largest absolute Gasteiger partial charge is 0.398 e. The van der Waals surface area contributed by atoms with Crippen molar-refractivity contribution in [3.63, 3.8) is 0 Å². The van der Waals surface area contributed by atoms with Gasteiger partial charge in [0.15, 0.2) is 0 Å². The van der Waals surface area contributed by atoms with Gasteiger partial charge in [0.05, 0.1) is 10.7 Å². The Bertz CT molecular complexity index is 450. The molecule has 13 heavy (non-hydrogen) atoms. The quantitative estimate of drug-likeness (QED) is 0.752. The summed E-state index contributed by atoms with van der Waals surface area (Å²) in [5.41, 5.74) is 6.56. The van der Waals surface area contributed by atoms with Crippen molar-refractivity contribution in [2.45, 2.75) is 4.90 Å². The Balaban J connectivity index is 2.79. The number of anilines is 1. The average Bonchev–Trinajstić information content (AvgIpc) is 2.48. The van der Waals surface area contributed by atoms with Crippen molar-refractivity contribution in [2.24, 2.45) is 0 Å². The van der Waals surface area contributed by atoms with E-state index < -0.39 is 0 Å². The molecule has 0 aliphatic heterocycles. The maximum absolute atomic E-state index is 6.10. The van der Waals surface area contributed by atoms with Crippen LogP contribution in [0.5, 0.6) is 0 Å². The molecule has 0 aliphatic rings. The van der Waals surface area contributed by atoms with Gasteiger partial charge in [-0.1, -0.05) is 11.6 Å². The van der Waals surface area contributed by atoms with Gasteiger partial charge in [0.25, 0.3) is 0 Å². The highest BCUT2D eigenvalue weighted by molar-refractivity contribution is 7.98. The second kappa shape index (κ2) is 3.40. The molecule has 0 saturated carbocycles. The topological polar surface area (TPSA) is 26.0 Å². The van der Waals surface area contributed by atoms with Crippen LogP contribution >= 0.6 is 34.7 Å². The van der Waals surface area contributed by atoms with Crippen LogP contribution in [0.25, 0.3) is 10.1 Å². The molecule has 1 aromatic heterocycles. The van der Waals surface area contributed by atoms with Gasteiger partial charge in [-0.15, -0.1) is 23.1 Å². The molecule has 2 rings (SSSR count). The van der Waals surface area contributed by atoms with Crippen LogP contribution in [0.2, 0.25) is 5.02 Å². The summed E-state index contributed by atoms with van der Waals surface area (Å²) in [7, 11) is 0. The SMILES string of the molecule is CSc1cc(Cl)c2c(N)csc2c1. The Morgan fingerprint density at radius 2 is 2.23 bits per heavy atom. The smallest absolute Gasteiger partial charge is 0.0524 e. The lowest BCUT2D eigenvalue weighted by molar-refractivity contribution is 1.53. The lowest BCUT2D eigenvalue weighted by Crippen LogP contribution is -1.81. The van der Waals surface area contributed by atoms with Crippen molar-refractivity contribution in [2.75, 3.05) is 12.0 Å². The molecule has 0 aliphatic carbocycles. The standard InChI is InChI=1S/C9H8ClNS2/c1-12-5-2-6(10)9-7(11)4-13-8(9)3-5/h2-4H,11H2,1H3. The molecule has 2 N–H and O–H groups in total. The normalized spacial score (nSPS) is 10.9. The molecule has 0 bridgehead atoms. The summed E-state index contributed by atoms with van der Waals surface area (Å²) in [4.78, 5) is 1.18. The average molecular weight is 230 g/mol. The number of halogens is 1. The molecule has 0 saturated heterocycles. The van der Waals surface area contributed by atoms with E-state index in [0.717, 1.165) is 20.8 Å². The van der Waals surface area contributed by atoms with E-state index in [1.165, 1.54) is 4.90 Å². The molecular weight excluding hydrogens is 222 g/mol. The highest BCUT2D eigenvalue weighted by Gasteiger charge is 2.06. The number of benzene rings is 1. The number of nitrogen functional groups attached to an aromatic ring is 1. The second-order valence-electron chi connectivity index (χ2n) is 2.67. The van der Waals surface area contributed by atoms with E-state index in [-0.39, 0.29) is 0 Å². The van der Waals surface area contributed by atoms with Gasteiger partial charge >= 0.3 is 0 Å². The van der Waals surface area contributed by atoms with Crippen LogP contribution in [0.3, 0.4) is 0 Å². The fourth-order valence-corrected chi connectivity index (χ4v) is 3.14. The van der Waals surface area contributed by atoms with Crippen LogP contribution in [0.15, 0.2) is 22.4 Å². The number of hydrogen-bond acceptors (Lipinski definition) is 3. The third-order valence-corrected chi connectivity index (χ3v) is 3.82. The van der Waals surface area contributed by atoms with Crippen LogP contribution in [0.1, 0.15) is 0 Å². The number of fused-ring (bicyclic) bond motifs is 1. The van der Waals surface area contributed by atoms with E-state index in [1.54, 1.807) is 23.1 Å². The van der Waals surface area contributed by atoms with Crippen LogP contribution in [0.4, 0.5) is 5.69 Å². The highest BCUT2D eigenvalue weighted by atomic mass is 35.5. The van der Waals surface area contributed by atoms with E-state index in [1.807, 2.05) is 17.7 Å². The summed E-state index contributed by atoms with van der Waals surface area (Å²) >= 11 is 9.42. The fraction of sp³-hybridized carbons (Fsp3) is 0.111. The van der Waals surface area contributed by atoms with Gasteiger partial charge in [-0.25, -0.2) is 0 Å². The van der Waals surface area contributed by atoms with Gasteiger partial charge in [0, 0.05) is 20.4 Å². The first-order valence-corrected chi connectivity index (χ1v) is 6.21. The van der Waals surface area contributed by atoms with E-state index in [9.17, 15) is 0 Å². The van der Waals surface area contributed by atoms with E-state index >= 15 is 0 Å². The maximum Gasteiger partial charge on any atom is 0.0524 e. The highest BCUT2D eigenvalue weighted by Crippen LogP contribution is 2.36. The summed E-state index contributed by atoms with van der Waals surface area (Å²) in [5, 5.41) is 3.67. The van der Waals surface area contributed by atoms with Crippen LogP contribution in [0, 0.1) is 0 Å². The van der Waals surface area contributed by atoms with Gasteiger partial charge in [-0.05, 0) is 18.4 Å². The minimum Gasteiger partial charge on any atom is -0.398 e. The van der Waals surface area contributed by atoms with Crippen molar-refractivity contribution in [1.82, 2.24) is 0 Å². The third-order valence-electron chi connectivity index (χ3n) is 1.86. The molecule has 0 unspecified atom stereocenters. The second-order valence-corrected chi connectivity index (χ2v) is 4.87. The lowest BCUT2D eigenvalue weighted by atomic mass is 10.2. The minimum atomic E-state index is 0.751. The first-order valence-electron chi connectivity index (χ1n) is 3.72. The molecule has 4 heteroatoms. The maximum atomic E-state index is 6.10. The molecule has 0 fully saturated rings. The summed E-state index contributed by atoms with van der Waals surface area (Å²) in [5.74, 6) is 0. The molecule has 1 aromatic carbocycles. The molecule has 0 amide bonds. The fourth-order valence-electron chi connectivity index (χ4n) is 1.23. The number of thiophene rings is 1. The number of rotatable bonds is 1. The predicted octanol–water partition coefficient (Wildman–Crippen LogP) is 3.86. The zero-order valence-electron chi connectivity index (χ0n) is 7.00. The number of hydrogen-bond donors (Lipinski definition) is 1. The molecule has 1 heterocycles. The van der Waals surface area contributed by atoms with Crippen molar-refractivity contribution in [1.29, 1.82) is 0 Å². The summed E-state index contributed by atoms with van der Waals surface area (Å²) < 4.78 is 1.16. The zero-order chi connectivity index (χ0) is 9.42. The number of thioether (sulfide) groups is 1. The Morgan fingerprint density at radius 1 is 1.46 bits per heavy atom. The Morgan fingerprint density at radius 3 is 2.92 bits per heavy atom. The predicted molar refractivity (Wildman–Crippen MR) is 63.0 cm³/mol. The first kappa shape index (κ1) is 9.19. The van der Waals surface area contributed by atoms with Gasteiger partial charge in [-0.2, -0.15) is 0 Å². The van der Waals surface area contributed by atoms with Crippen molar-refractivity contribution >= 4 is 50.5 Å².